The third-order valence-corrected chi connectivity index (χ3v) is 8.63. The van der Waals surface area contributed by atoms with Crippen LogP contribution in [0.1, 0.15) is 6.92 Å². The molecular weight excluding hydrogens is 383 g/mol. The first-order valence-electron chi connectivity index (χ1n) is 8.99. The zero-order valence-electron chi connectivity index (χ0n) is 15.7. The first kappa shape index (κ1) is 20.4. The Kier molecular flexibility index (Phi) is 6.41. The van der Waals surface area contributed by atoms with Gasteiger partial charge in [-0.15, -0.1) is 0 Å². The summed E-state index contributed by atoms with van der Waals surface area (Å²) in [6, 6.07) is 28.6. The Hall–Kier alpha value is -2.32. The molecule has 0 aromatic heterocycles. The second-order valence-corrected chi connectivity index (χ2v) is 10.3. The van der Waals surface area contributed by atoms with Crippen LogP contribution in [0.5, 0.6) is 0 Å². The fourth-order valence-corrected chi connectivity index (χ4v) is 6.65. The Bertz CT molecular complexity index is 953. The van der Waals surface area contributed by atoms with E-state index in [1.165, 1.54) is 17.8 Å². The highest BCUT2D eigenvalue weighted by molar-refractivity contribution is 8.03. The zero-order valence-corrected chi connectivity index (χ0v) is 17.4. The van der Waals surface area contributed by atoms with Crippen LogP contribution >= 0.6 is 18.9 Å². The van der Waals surface area contributed by atoms with Crippen LogP contribution in [0.4, 0.5) is 0 Å². The number of benzene rings is 3. The van der Waals surface area contributed by atoms with Crippen LogP contribution < -0.4 is 10.6 Å². The summed E-state index contributed by atoms with van der Waals surface area (Å²) in [6.07, 6.45) is 1.48. The quantitative estimate of drug-likeness (QED) is 0.317. The minimum atomic E-state index is -3.12. The molecule has 142 valence electrons. The lowest BCUT2D eigenvalue weighted by Crippen LogP contribution is -2.23. The number of hydrogen-bond donors (Lipinski definition) is 1. The van der Waals surface area contributed by atoms with Gasteiger partial charge in [-0.2, -0.15) is 0 Å². The molecule has 0 saturated carbocycles. The van der Waals surface area contributed by atoms with Crippen molar-refractivity contribution >= 4 is 29.5 Å². The van der Waals surface area contributed by atoms with Gasteiger partial charge in [-0.25, -0.2) is 0 Å². The average molecular weight is 406 g/mol. The Morgan fingerprint density at radius 1 is 0.893 bits per heavy atom. The van der Waals surface area contributed by atoms with E-state index < -0.39 is 12.7 Å². The summed E-state index contributed by atoms with van der Waals surface area (Å²) >= 11 is 1.40. The average Bonchev–Trinajstić information content (AvgIpc) is 2.75. The molecule has 0 aliphatic carbocycles. The van der Waals surface area contributed by atoms with Gasteiger partial charge in [-0.1, -0.05) is 103 Å². The van der Waals surface area contributed by atoms with Crippen molar-refractivity contribution in [2.75, 3.05) is 0 Å². The maximum Gasteiger partial charge on any atom is 0.165 e. The first-order chi connectivity index (χ1) is 13.5. The molecule has 0 aliphatic heterocycles. The Labute approximate surface area is 171 Å². The van der Waals surface area contributed by atoms with Gasteiger partial charge in [0.15, 0.2) is 7.14 Å². The van der Waals surface area contributed by atoms with Crippen LogP contribution in [0, 0.1) is 0 Å². The van der Waals surface area contributed by atoms with E-state index >= 15 is 0 Å². The van der Waals surface area contributed by atoms with E-state index in [4.69, 9.17) is 0 Å². The van der Waals surface area contributed by atoms with Crippen LogP contribution in [0.3, 0.4) is 0 Å². The lowest BCUT2D eigenvalue weighted by Gasteiger charge is -2.25. The standard InChI is InChI=1S/C24H23O2PS/c1-3-24(2,25)23(28-22-17-11-6-12-18-22)19-27(26,20-13-7-4-8-14-20)21-15-9-5-10-16-21/h3-19,25H,1H2,2H3/b23-19+. The lowest BCUT2D eigenvalue weighted by atomic mass is 10.1. The highest BCUT2D eigenvalue weighted by Gasteiger charge is 2.31. The molecule has 0 radical (unpaired) electrons. The van der Waals surface area contributed by atoms with Crippen molar-refractivity contribution in [1.29, 1.82) is 0 Å². The van der Waals surface area contributed by atoms with Crippen molar-refractivity contribution in [2.45, 2.75) is 17.4 Å². The zero-order chi connectivity index (χ0) is 20.0. The summed E-state index contributed by atoms with van der Waals surface area (Å²) < 4.78 is 14.3. The summed E-state index contributed by atoms with van der Waals surface area (Å²) in [5, 5.41) is 12.4. The van der Waals surface area contributed by atoms with Gasteiger partial charge in [0, 0.05) is 20.4 Å². The second-order valence-electron chi connectivity index (χ2n) is 6.59. The Morgan fingerprint density at radius 3 is 1.75 bits per heavy atom. The van der Waals surface area contributed by atoms with E-state index in [1.807, 2.05) is 91.0 Å². The van der Waals surface area contributed by atoms with Gasteiger partial charge >= 0.3 is 0 Å². The number of aliphatic hydroxyl groups is 1. The van der Waals surface area contributed by atoms with Gasteiger partial charge in [0.05, 0.1) is 0 Å². The van der Waals surface area contributed by atoms with Gasteiger partial charge in [0.1, 0.15) is 5.60 Å². The van der Waals surface area contributed by atoms with Gasteiger partial charge in [-0.05, 0) is 24.9 Å². The summed E-state index contributed by atoms with van der Waals surface area (Å²) in [7, 11) is -3.12. The highest BCUT2D eigenvalue weighted by atomic mass is 32.2. The minimum absolute atomic E-state index is 0.588. The van der Waals surface area contributed by atoms with E-state index in [0.717, 1.165) is 15.5 Å². The molecular formula is C24H23O2PS. The molecule has 0 fully saturated rings. The van der Waals surface area contributed by atoms with E-state index in [1.54, 1.807) is 12.7 Å². The van der Waals surface area contributed by atoms with Crippen molar-refractivity contribution in [1.82, 2.24) is 0 Å². The molecule has 3 aromatic rings. The van der Waals surface area contributed by atoms with E-state index in [2.05, 4.69) is 6.58 Å². The van der Waals surface area contributed by atoms with Crippen molar-refractivity contribution in [3.63, 3.8) is 0 Å². The van der Waals surface area contributed by atoms with E-state index in [9.17, 15) is 9.67 Å². The Balaban J connectivity index is 2.20. The van der Waals surface area contributed by atoms with Crippen LogP contribution in [-0.4, -0.2) is 10.7 Å². The molecule has 0 bridgehead atoms. The Morgan fingerprint density at radius 2 is 1.32 bits per heavy atom. The number of hydrogen-bond acceptors (Lipinski definition) is 3. The van der Waals surface area contributed by atoms with E-state index in [-0.39, 0.29) is 0 Å². The van der Waals surface area contributed by atoms with Crippen molar-refractivity contribution in [2.24, 2.45) is 0 Å². The van der Waals surface area contributed by atoms with Crippen molar-refractivity contribution in [3.05, 3.63) is 114 Å². The highest BCUT2D eigenvalue weighted by Crippen LogP contribution is 2.50. The maximum atomic E-state index is 14.3. The normalized spacial score (nSPS) is 14.3. The fraction of sp³-hybridized carbons (Fsp3) is 0.0833. The van der Waals surface area contributed by atoms with Gasteiger partial charge < -0.3 is 9.67 Å². The smallest absolute Gasteiger partial charge is 0.165 e. The van der Waals surface area contributed by atoms with Gasteiger partial charge in [-0.3, -0.25) is 0 Å². The van der Waals surface area contributed by atoms with Crippen LogP contribution in [-0.2, 0) is 4.57 Å². The molecule has 1 atom stereocenters. The van der Waals surface area contributed by atoms with Crippen LogP contribution in [0.15, 0.2) is 119 Å². The van der Waals surface area contributed by atoms with Gasteiger partial charge in [0.25, 0.3) is 0 Å². The first-order valence-corrected chi connectivity index (χ1v) is 11.6. The monoisotopic (exact) mass is 406 g/mol. The fourth-order valence-electron chi connectivity index (χ4n) is 2.74. The topological polar surface area (TPSA) is 37.3 Å². The molecule has 0 aliphatic rings. The largest absolute Gasteiger partial charge is 0.381 e. The molecule has 0 amide bonds. The van der Waals surface area contributed by atoms with E-state index in [0.29, 0.717) is 4.91 Å². The predicted molar refractivity (Wildman–Crippen MR) is 121 cm³/mol. The van der Waals surface area contributed by atoms with Crippen LogP contribution in [0.25, 0.3) is 0 Å². The number of thioether (sulfide) groups is 1. The molecule has 4 heteroatoms. The van der Waals surface area contributed by atoms with Gasteiger partial charge in [0.2, 0.25) is 0 Å². The summed E-state index contributed by atoms with van der Waals surface area (Å²) in [4.78, 5) is 1.55. The molecule has 2 nitrogen and oxygen atoms in total. The second kappa shape index (κ2) is 8.79. The third kappa shape index (κ3) is 4.56. The third-order valence-electron chi connectivity index (χ3n) is 4.45. The molecule has 3 rings (SSSR count). The molecule has 0 saturated heterocycles. The molecule has 1 N–H and O–H groups in total. The number of rotatable bonds is 7. The van der Waals surface area contributed by atoms with Crippen molar-refractivity contribution in [3.8, 4) is 0 Å². The molecule has 0 spiro atoms. The summed E-state index contributed by atoms with van der Waals surface area (Å²) in [6.45, 7) is 5.45. The molecule has 28 heavy (non-hydrogen) atoms. The SMILES string of the molecule is C=CC(C)(O)/C(=C\P(=O)(c1ccccc1)c1ccccc1)Sc1ccccc1. The predicted octanol–water partition coefficient (Wildman–Crippen LogP) is 5.57. The summed E-state index contributed by atoms with van der Waals surface area (Å²) in [5.74, 6) is 1.73. The molecule has 3 aromatic carbocycles. The summed E-state index contributed by atoms with van der Waals surface area (Å²) in [5.41, 5.74) is -1.31. The van der Waals surface area contributed by atoms with Crippen molar-refractivity contribution < 1.29 is 9.67 Å². The molecule has 0 heterocycles. The lowest BCUT2D eigenvalue weighted by molar-refractivity contribution is 0.160. The molecule has 1 unspecified atom stereocenters. The van der Waals surface area contributed by atoms with Crippen LogP contribution in [0.2, 0.25) is 0 Å². The maximum absolute atomic E-state index is 14.3. The minimum Gasteiger partial charge on any atom is -0.381 e.